The SMILES string of the molecule is CCOc1cc(C(=O)N(C)Cc2cnc(CF)c3cn[nH]c23)ccc1-c1cccc(F)c1. The molecule has 0 bridgehead atoms. The predicted octanol–water partition coefficient (Wildman–Crippen LogP) is 4.90. The molecule has 0 spiro atoms. The number of ether oxygens (including phenoxy) is 1. The highest BCUT2D eigenvalue weighted by molar-refractivity contribution is 5.96. The van der Waals surface area contributed by atoms with Crippen molar-refractivity contribution in [3.8, 4) is 16.9 Å². The third-order valence-electron chi connectivity index (χ3n) is 5.19. The quantitative estimate of drug-likeness (QED) is 0.447. The third kappa shape index (κ3) is 4.16. The van der Waals surface area contributed by atoms with Gasteiger partial charge in [0, 0.05) is 41.9 Å². The van der Waals surface area contributed by atoms with Crippen LogP contribution in [-0.2, 0) is 13.2 Å². The smallest absolute Gasteiger partial charge is 0.254 e. The second-order valence-corrected chi connectivity index (χ2v) is 7.34. The van der Waals surface area contributed by atoms with Gasteiger partial charge in [-0.15, -0.1) is 0 Å². The number of halogens is 2. The number of hydrogen-bond acceptors (Lipinski definition) is 4. The number of amides is 1. The minimum Gasteiger partial charge on any atom is -0.493 e. The first-order valence-electron chi connectivity index (χ1n) is 10.2. The molecule has 0 unspecified atom stereocenters. The maximum absolute atomic E-state index is 13.7. The molecule has 0 saturated carbocycles. The van der Waals surface area contributed by atoms with Gasteiger partial charge in [0.25, 0.3) is 5.91 Å². The van der Waals surface area contributed by atoms with Crippen molar-refractivity contribution in [2.75, 3.05) is 13.7 Å². The van der Waals surface area contributed by atoms with Crippen molar-refractivity contribution >= 4 is 16.8 Å². The fourth-order valence-corrected chi connectivity index (χ4v) is 3.64. The van der Waals surface area contributed by atoms with E-state index in [4.69, 9.17) is 4.74 Å². The second kappa shape index (κ2) is 9.13. The number of carbonyl (C=O) groups excluding carboxylic acids is 1. The van der Waals surface area contributed by atoms with Gasteiger partial charge in [0.15, 0.2) is 0 Å². The van der Waals surface area contributed by atoms with Gasteiger partial charge in [-0.25, -0.2) is 8.78 Å². The summed E-state index contributed by atoms with van der Waals surface area (Å²) in [6.45, 7) is 1.82. The van der Waals surface area contributed by atoms with Crippen LogP contribution in [0.2, 0.25) is 0 Å². The van der Waals surface area contributed by atoms with E-state index in [1.165, 1.54) is 18.3 Å². The van der Waals surface area contributed by atoms with Gasteiger partial charge in [0.2, 0.25) is 0 Å². The molecule has 4 rings (SSSR count). The number of hydrogen-bond donors (Lipinski definition) is 1. The molecule has 8 heteroatoms. The van der Waals surface area contributed by atoms with E-state index < -0.39 is 6.67 Å². The van der Waals surface area contributed by atoms with Gasteiger partial charge >= 0.3 is 0 Å². The largest absolute Gasteiger partial charge is 0.493 e. The Morgan fingerprint density at radius 1 is 1.19 bits per heavy atom. The molecule has 2 aromatic carbocycles. The van der Waals surface area contributed by atoms with E-state index in [0.717, 1.165) is 5.56 Å². The lowest BCUT2D eigenvalue weighted by atomic mass is 10.0. The molecule has 4 aromatic rings. The van der Waals surface area contributed by atoms with Crippen LogP contribution in [0.15, 0.2) is 54.9 Å². The number of carbonyl (C=O) groups is 1. The first kappa shape index (κ1) is 21.4. The van der Waals surface area contributed by atoms with E-state index in [0.29, 0.717) is 45.6 Å². The number of H-pyrrole nitrogens is 1. The molecular formula is C24H22F2N4O2. The highest BCUT2D eigenvalue weighted by Crippen LogP contribution is 2.32. The Balaban J connectivity index is 1.61. The Morgan fingerprint density at radius 2 is 2.03 bits per heavy atom. The molecule has 0 aliphatic carbocycles. The van der Waals surface area contributed by atoms with Crippen molar-refractivity contribution in [2.24, 2.45) is 0 Å². The second-order valence-electron chi connectivity index (χ2n) is 7.34. The van der Waals surface area contributed by atoms with Crippen molar-refractivity contribution in [1.82, 2.24) is 20.1 Å². The average Bonchev–Trinajstić information content (AvgIpc) is 3.29. The molecule has 0 atom stereocenters. The van der Waals surface area contributed by atoms with Crippen LogP contribution in [0.25, 0.3) is 22.0 Å². The van der Waals surface area contributed by atoms with E-state index in [2.05, 4.69) is 15.2 Å². The maximum atomic E-state index is 13.7. The van der Waals surface area contributed by atoms with Crippen molar-refractivity contribution in [1.29, 1.82) is 0 Å². The molecule has 0 aliphatic heterocycles. The van der Waals surface area contributed by atoms with Gasteiger partial charge in [-0.1, -0.05) is 12.1 Å². The van der Waals surface area contributed by atoms with Crippen molar-refractivity contribution in [2.45, 2.75) is 20.1 Å². The molecule has 2 aromatic heterocycles. The van der Waals surface area contributed by atoms with E-state index in [-0.39, 0.29) is 18.3 Å². The highest BCUT2D eigenvalue weighted by atomic mass is 19.1. The molecule has 164 valence electrons. The first-order chi connectivity index (χ1) is 15.5. The summed E-state index contributed by atoms with van der Waals surface area (Å²) in [5.74, 6) is -0.0661. The van der Waals surface area contributed by atoms with Crippen LogP contribution in [0.5, 0.6) is 5.75 Å². The lowest BCUT2D eigenvalue weighted by Gasteiger charge is -2.19. The third-order valence-corrected chi connectivity index (χ3v) is 5.19. The van der Waals surface area contributed by atoms with Crippen LogP contribution in [-0.4, -0.2) is 39.6 Å². The molecule has 0 radical (unpaired) electrons. The summed E-state index contributed by atoms with van der Waals surface area (Å²) in [7, 11) is 1.68. The van der Waals surface area contributed by atoms with Crippen LogP contribution < -0.4 is 4.74 Å². The van der Waals surface area contributed by atoms with E-state index in [9.17, 15) is 13.6 Å². The maximum Gasteiger partial charge on any atom is 0.254 e. The summed E-state index contributed by atoms with van der Waals surface area (Å²) >= 11 is 0. The lowest BCUT2D eigenvalue weighted by Crippen LogP contribution is -2.26. The Kier molecular flexibility index (Phi) is 6.11. The molecule has 2 heterocycles. The van der Waals surface area contributed by atoms with Crippen LogP contribution in [0.3, 0.4) is 0 Å². The summed E-state index contributed by atoms with van der Waals surface area (Å²) in [4.78, 5) is 18.8. The van der Waals surface area contributed by atoms with Gasteiger partial charge in [0.05, 0.1) is 24.0 Å². The molecule has 1 amide bonds. The standard InChI is InChI=1S/C24H22F2N4O2/c1-3-32-22-10-16(7-8-19(22)15-5-4-6-18(26)9-15)24(31)30(2)14-17-12-27-21(11-25)20-13-28-29-23(17)20/h4-10,12-13H,3,11,14H2,1-2H3,(H,28,29). The number of alkyl halides is 1. The summed E-state index contributed by atoms with van der Waals surface area (Å²) in [5.41, 5.74) is 3.50. The minimum atomic E-state index is -0.692. The zero-order chi connectivity index (χ0) is 22.7. The van der Waals surface area contributed by atoms with Crippen LogP contribution >= 0.6 is 0 Å². The fourth-order valence-electron chi connectivity index (χ4n) is 3.64. The van der Waals surface area contributed by atoms with Gasteiger partial charge in [-0.3, -0.25) is 14.9 Å². The fraction of sp³-hybridized carbons (Fsp3) is 0.208. The number of aromatic nitrogens is 3. The minimum absolute atomic E-state index is 0.223. The molecule has 6 nitrogen and oxygen atoms in total. The average molecular weight is 436 g/mol. The molecule has 0 fully saturated rings. The molecule has 0 aliphatic rings. The Labute approximate surface area is 183 Å². The van der Waals surface area contributed by atoms with E-state index >= 15 is 0 Å². The normalized spacial score (nSPS) is 11.0. The van der Waals surface area contributed by atoms with Crippen LogP contribution in [0.4, 0.5) is 8.78 Å². The van der Waals surface area contributed by atoms with Crippen LogP contribution in [0.1, 0.15) is 28.5 Å². The number of rotatable bonds is 7. The number of pyridine rings is 1. The van der Waals surface area contributed by atoms with Gasteiger partial charge in [-0.2, -0.15) is 5.10 Å². The first-order valence-corrected chi connectivity index (χ1v) is 10.2. The number of aromatic amines is 1. The predicted molar refractivity (Wildman–Crippen MR) is 118 cm³/mol. The van der Waals surface area contributed by atoms with Gasteiger partial charge in [0.1, 0.15) is 18.2 Å². The zero-order valence-corrected chi connectivity index (χ0v) is 17.7. The Bertz CT molecular complexity index is 1270. The monoisotopic (exact) mass is 436 g/mol. The van der Waals surface area contributed by atoms with E-state index in [1.54, 1.807) is 48.5 Å². The molecule has 0 saturated heterocycles. The van der Waals surface area contributed by atoms with Crippen molar-refractivity contribution < 1.29 is 18.3 Å². The molecule has 32 heavy (non-hydrogen) atoms. The van der Waals surface area contributed by atoms with Gasteiger partial charge < -0.3 is 9.64 Å². The lowest BCUT2D eigenvalue weighted by molar-refractivity contribution is 0.0785. The number of nitrogens with one attached hydrogen (secondary N) is 1. The molecular weight excluding hydrogens is 414 g/mol. The molecule has 1 N–H and O–H groups in total. The summed E-state index contributed by atoms with van der Waals surface area (Å²) in [6, 6.07) is 11.3. The zero-order valence-electron chi connectivity index (χ0n) is 17.7. The van der Waals surface area contributed by atoms with Crippen molar-refractivity contribution in [3.63, 3.8) is 0 Å². The Morgan fingerprint density at radius 3 is 2.78 bits per heavy atom. The summed E-state index contributed by atoms with van der Waals surface area (Å²) in [6.07, 6.45) is 3.08. The number of benzene rings is 2. The number of nitrogens with zero attached hydrogens (tertiary/aromatic N) is 3. The van der Waals surface area contributed by atoms with Crippen LogP contribution in [0, 0.1) is 5.82 Å². The topological polar surface area (TPSA) is 71.1 Å². The number of fused-ring (bicyclic) bond motifs is 1. The summed E-state index contributed by atoms with van der Waals surface area (Å²) < 4.78 is 32.6. The summed E-state index contributed by atoms with van der Waals surface area (Å²) in [5, 5.41) is 7.44. The van der Waals surface area contributed by atoms with E-state index in [1.807, 2.05) is 6.92 Å². The Hall–Kier alpha value is -3.81. The van der Waals surface area contributed by atoms with Gasteiger partial charge in [-0.05, 0) is 42.8 Å². The van der Waals surface area contributed by atoms with Crippen molar-refractivity contribution in [3.05, 3.63) is 77.5 Å². The highest BCUT2D eigenvalue weighted by Gasteiger charge is 2.18.